The number of carbonyl (C=O) groups is 1. The van der Waals surface area contributed by atoms with E-state index in [1.165, 1.54) is 11.3 Å². The van der Waals surface area contributed by atoms with Gasteiger partial charge in [0.2, 0.25) is 5.13 Å². The largest absolute Gasteiger partial charge is 0.482 e. The summed E-state index contributed by atoms with van der Waals surface area (Å²) in [4.78, 5) is 11.9. The number of anilines is 1. The summed E-state index contributed by atoms with van der Waals surface area (Å²) in [5.41, 5.74) is 0. The van der Waals surface area contributed by atoms with Gasteiger partial charge in [0.15, 0.2) is 6.61 Å². The van der Waals surface area contributed by atoms with Gasteiger partial charge in [-0.05, 0) is 25.0 Å². The standard InChI is InChI=1S/C15H17Cl2N3O2S/c1-3-9(4-2)14-19-20-15(23-14)18-13(21)8-22-12-7-10(16)5-6-11(12)17/h5-7,9H,3-4,8H2,1-2H3,(H,18,20,21). The van der Waals surface area contributed by atoms with E-state index in [1.807, 2.05) is 0 Å². The lowest BCUT2D eigenvalue weighted by molar-refractivity contribution is -0.118. The summed E-state index contributed by atoms with van der Waals surface area (Å²) < 4.78 is 5.38. The van der Waals surface area contributed by atoms with Crippen LogP contribution in [0.1, 0.15) is 37.6 Å². The Balaban J connectivity index is 1.91. The molecule has 0 aliphatic carbocycles. The van der Waals surface area contributed by atoms with E-state index in [4.69, 9.17) is 27.9 Å². The fourth-order valence-electron chi connectivity index (χ4n) is 1.97. The van der Waals surface area contributed by atoms with Crippen LogP contribution in [0.25, 0.3) is 0 Å². The molecule has 1 aromatic heterocycles. The van der Waals surface area contributed by atoms with Crippen LogP contribution >= 0.6 is 34.5 Å². The number of amides is 1. The van der Waals surface area contributed by atoms with Gasteiger partial charge in [0.1, 0.15) is 10.8 Å². The average Bonchev–Trinajstić information content (AvgIpc) is 2.98. The van der Waals surface area contributed by atoms with Gasteiger partial charge < -0.3 is 4.74 Å². The molecule has 0 spiro atoms. The van der Waals surface area contributed by atoms with Gasteiger partial charge in [0.05, 0.1) is 5.02 Å². The molecule has 1 aromatic carbocycles. The van der Waals surface area contributed by atoms with Crippen LogP contribution in [0.15, 0.2) is 18.2 Å². The van der Waals surface area contributed by atoms with Crippen molar-refractivity contribution in [3.05, 3.63) is 33.3 Å². The highest BCUT2D eigenvalue weighted by Crippen LogP contribution is 2.29. The molecule has 0 saturated carbocycles. The van der Waals surface area contributed by atoms with Gasteiger partial charge in [-0.1, -0.05) is 48.4 Å². The molecule has 1 N–H and O–H groups in total. The lowest BCUT2D eigenvalue weighted by Crippen LogP contribution is -2.20. The van der Waals surface area contributed by atoms with Crippen molar-refractivity contribution in [2.75, 3.05) is 11.9 Å². The number of rotatable bonds is 7. The number of nitrogens with one attached hydrogen (secondary N) is 1. The van der Waals surface area contributed by atoms with Crippen molar-refractivity contribution in [3.63, 3.8) is 0 Å². The third-order valence-corrected chi connectivity index (χ3v) is 4.82. The van der Waals surface area contributed by atoms with Gasteiger partial charge >= 0.3 is 0 Å². The van der Waals surface area contributed by atoms with Crippen LogP contribution < -0.4 is 10.1 Å². The summed E-state index contributed by atoms with van der Waals surface area (Å²) in [5.74, 6) is 0.414. The molecular weight excluding hydrogens is 357 g/mol. The van der Waals surface area contributed by atoms with Crippen LogP contribution in [-0.4, -0.2) is 22.7 Å². The molecule has 1 amide bonds. The summed E-state index contributed by atoms with van der Waals surface area (Å²) in [7, 11) is 0. The number of benzene rings is 1. The molecule has 0 saturated heterocycles. The van der Waals surface area contributed by atoms with E-state index < -0.39 is 0 Å². The smallest absolute Gasteiger partial charge is 0.264 e. The molecule has 0 aliphatic rings. The zero-order chi connectivity index (χ0) is 16.8. The van der Waals surface area contributed by atoms with Crippen LogP contribution in [0.3, 0.4) is 0 Å². The molecule has 124 valence electrons. The van der Waals surface area contributed by atoms with E-state index in [9.17, 15) is 4.79 Å². The van der Waals surface area contributed by atoms with Gasteiger partial charge in [0.25, 0.3) is 5.91 Å². The molecule has 0 atom stereocenters. The van der Waals surface area contributed by atoms with E-state index >= 15 is 0 Å². The first-order valence-corrected chi connectivity index (χ1v) is 8.81. The predicted octanol–water partition coefficient (Wildman–Crippen LogP) is 4.77. The fraction of sp³-hybridized carbons (Fsp3) is 0.400. The minimum Gasteiger partial charge on any atom is -0.482 e. The first kappa shape index (κ1) is 18.0. The molecule has 0 fully saturated rings. The van der Waals surface area contributed by atoms with Crippen LogP contribution in [0.2, 0.25) is 10.0 Å². The third kappa shape index (κ3) is 5.06. The van der Waals surface area contributed by atoms with Crippen LogP contribution in [0, 0.1) is 0 Å². The zero-order valence-electron chi connectivity index (χ0n) is 12.8. The summed E-state index contributed by atoms with van der Waals surface area (Å²) in [5, 5.41) is 13.1. The lowest BCUT2D eigenvalue weighted by atomic mass is 10.1. The third-order valence-electron chi connectivity index (χ3n) is 3.27. The highest BCUT2D eigenvalue weighted by atomic mass is 35.5. The second-order valence-corrected chi connectivity index (χ2v) is 6.72. The Morgan fingerprint density at radius 3 is 2.74 bits per heavy atom. The normalized spacial score (nSPS) is 10.8. The quantitative estimate of drug-likeness (QED) is 0.759. The van der Waals surface area contributed by atoms with E-state index in [1.54, 1.807) is 18.2 Å². The Labute approximate surface area is 149 Å². The maximum Gasteiger partial charge on any atom is 0.264 e. The average molecular weight is 374 g/mol. The van der Waals surface area contributed by atoms with Crippen LogP contribution in [-0.2, 0) is 4.79 Å². The van der Waals surface area contributed by atoms with Crippen molar-refractivity contribution in [2.24, 2.45) is 0 Å². The van der Waals surface area contributed by atoms with Gasteiger partial charge in [0, 0.05) is 17.0 Å². The number of aromatic nitrogens is 2. The first-order valence-electron chi connectivity index (χ1n) is 7.24. The molecule has 0 bridgehead atoms. The molecule has 0 unspecified atom stereocenters. The SMILES string of the molecule is CCC(CC)c1nnc(NC(=O)COc2cc(Cl)ccc2Cl)s1. The zero-order valence-corrected chi connectivity index (χ0v) is 15.1. The maximum atomic E-state index is 11.9. The number of halogens is 2. The van der Waals surface area contributed by atoms with Crippen molar-refractivity contribution in [1.29, 1.82) is 0 Å². The highest BCUT2D eigenvalue weighted by Gasteiger charge is 2.15. The van der Waals surface area contributed by atoms with Crippen molar-refractivity contribution in [3.8, 4) is 5.75 Å². The van der Waals surface area contributed by atoms with Gasteiger partial charge in [-0.25, -0.2) is 0 Å². The Hall–Kier alpha value is -1.37. The summed E-state index contributed by atoms with van der Waals surface area (Å²) in [6.45, 7) is 4.03. The minimum absolute atomic E-state index is 0.181. The molecule has 0 radical (unpaired) electrons. The number of carbonyl (C=O) groups excluding carboxylic acids is 1. The number of hydrogen-bond acceptors (Lipinski definition) is 5. The number of nitrogens with zero attached hydrogens (tertiary/aromatic N) is 2. The molecule has 1 heterocycles. The molecule has 23 heavy (non-hydrogen) atoms. The van der Waals surface area contributed by atoms with E-state index in [0.717, 1.165) is 17.8 Å². The van der Waals surface area contributed by atoms with Crippen LogP contribution in [0.4, 0.5) is 5.13 Å². The van der Waals surface area contributed by atoms with Crippen LogP contribution in [0.5, 0.6) is 5.75 Å². The van der Waals surface area contributed by atoms with Gasteiger partial charge in [-0.2, -0.15) is 0 Å². The lowest BCUT2D eigenvalue weighted by Gasteiger charge is -2.08. The summed E-state index contributed by atoms with van der Waals surface area (Å²) in [6, 6.07) is 4.83. The second kappa shape index (κ2) is 8.47. The minimum atomic E-state index is -0.326. The monoisotopic (exact) mass is 373 g/mol. The fourth-order valence-corrected chi connectivity index (χ4v) is 3.33. The Bertz CT molecular complexity index is 674. The molecule has 5 nitrogen and oxygen atoms in total. The summed E-state index contributed by atoms with van der Waals surface area (Å²) >= 11 is 13.2. The maximum absolute atomic E-state index is 11.9. The summed E-state index contributed by atoms with van der Waals surface area (Å²) in [6.07, 6.45) is 1.99. The second-order valence-electron chi connectivity index (χ2n) is 4.87. The Kier molecular flexibility index (Phi) is 6.62. The van der Waals surface area contributed by atoms with Crippen molar-refractivity contribution >= 4 is 45.6 Å². The van der Waals surface area contributed by atoms with Crippen molar-refractivity contribution in [2.45, 2.75) is 32.6 Å². The van der Waals surface area contributed by atoms with Gasteiger partial charge in [-0.3, -0.25) is 10.1 Å². The molecule has 2 rings (SSSR count). The Morgan fingerprint density at radius 1 is 1.30 bits per heavy atom. The molecule has 8 heteroatoms. The highest BCUT2D eigenvalue weighted by molar-refractivity contribution is 7.15. The van der Waals surface area contributed by atoms with E-state index in [-0.39, 0.29) is 12.5 Å². The molecule has 2 aromatic rings. The molecule has 0 aliphatic heterocycles. The topological polar surface area (TPSA) is 64.1 Å². The Morgan fingerprint density at radius 2 is 2.04 bits per heavy atom. The number of ether oxygens (including phenoxy) is 1. The first-order chi connectivity index (χ1) is 11.0. The molecular formula is C15H17Cl2N3O2S. The number of hydrogen-bond donors (Lipinski definition) is 1. The predicted molar refractivity (Wildman–Crippen MR) is 93.8 cm³/mol. The van der Waals surface area contributed by atoms with E-state index in [2.05, 4.69) is 29.4 Å². The van der Waals surface area contributed by atoms with Gasteiger partial charge in [-0.15, -0.1) is 10.2 Å². The van der Waals surface area contributed by atoms with Crippen molar-refractivity contribution < 1.29 is 9.53 Å². The van der Waals surface area contributed by atoms with E-state index in [0.29, 0.717) is 26.8 Å². The van der Waals surface area contributed by atoms with Crippen molar-refractivity contribution in [1.82, 2.24) is 10.2 Å².